The highest BCUT2D eigenvalue weighted by atomic mass is 32.2. The molecule has 2 fully saturated rings. The molecule has 20 heavy (non-hydrogen) atoms. The molecular formula is C17H34N2S. The molecule has 1 saturated heterocycles. The van der Waals surface area contributed by atoms with E-state index in [9.17, 15) is 0 Å². The van der Waals surface area contributed by atoms with E-state index in [1.807, 2.05) is 0 Å². The Morgan fingerprint density at radius 3 is 2.45 bits per heavy atom. The largest absolute Gasteiger partial charge is 0.311 e. The predicted molar refractivity (Wildman–Crippen MR) is 91.6 cm³/mol. The van der Waals surface area contributed by atoms with E-state index in [0.717, 1.165) is 29.3 Å². The Morgan fingerprint density at radius 1 is 1.20 bits per heavy atom. The molecular weight excluding hydrogens is 264 g/mol. The van der Waals surface area contributed by atoms with Gasteiger partial charge >= 0.3 is 0 Å². The first-order valence-corrected chi connectivity index (χ1v) is 9.94. The summed E-state index contributed by atoms with van der Waals surface area (Å²) in [5, 5.41) is 4.73. The topological polar surface area (TPSA) is 15.3 Å². The van der Waals surface area contributed by atoms with Crippen LogP contribution in [0, 0.1) is 5.92 Å². The molecule has 0 aromatic heterocycles. The van der Waals surface area contributed by atoms with Crippen LogP contribution in [0.25, 0.3) is 0 Å². The SMILES string of the molecule is CCC1CNC(CC(C)C)CN1C1CCC(SC)CC1. The molecule has 2 unspecified atom stereocenters. The Balaban J connectivity index is 1.91. The molecule has 0 amide bonds. The van der Waals surface area contributed by atoms with Gasteiger partial charge in [0.15, 0.2) is 0 Å². The van der Waals surface area contributed by atoms with E-state index in [1.54, 1.807) is 0 Å². The normalized spacial score (nSPS) is 36.5. The van der Waals surface area contributed by atoms with E-state index in [-0.39, 0.29) is 0 Å². The summed E-state index contributed by atoms with van der Waals surface area (Å²) in [7, 11) is 0. The molecule has 0 radical (unpaired) electrons. The highest BCUT2D eigenvalue weighted by Crippen LogP contribution is 2.32. The number of thioether (sulfide) groups is 1. The van der Waals surface area contributed by atoms with Crippen LogP contribution in [0.3, 0.4) is 0 Å². The van der Waals surface area contributed by atoms with Gasteiger partial charge in [-0.15, -0.1) is 0 Å². The van der Waals surface area contributed by atoms with Crippen molar-refractivity contribution in [3.63, 3.8) is 0 Å². The lowest BCUT2D eigenvalue weighted by Gasteiger charge is -2.47. The molecule has 0 bridgehead atoms. The van der Waals surface area contributed by atoms with E-state index >= 15 is 0 Å². The molecule has 1 heterocycles. The Morgan fingerprint density at radius 2 is 1.90 bits per heavy atom. The first kappa shape index (κ1) is 16.6. The lowest BCUT2D eigenvalue weighted by Crippen LogP contribution is -2.60. The maximum Gasteiger partial charge on any atom is 0.0221 e. The van der Waals surface area contributed by atoms with Gasteiger partial charge in [-0.25, -0.2) is 0 Å². The molecule has 2 rings (SSSR count). The molecule has 3 heteroatoms. The maximum absolute atomic E-state index is 3.79. The average Bonchev–Trinajstić information content (AvgIpc) is 2.46. The third-order valence-corrected chi connectivity index (χ3v) is 6.35. The standard InChI is InChI=1S/C17H34N2S/c1-5-15-11-18-14(10-13(2)3)12-19(15)16-6-8-17(20-4)9-7-16/h13-18H,5-12H2,1-4H3. The van der Waals surface area contributed by atoms with Gasteiger partial charge in [0.25, 0.3) is 0 Å². The molecule has 118 valence electrons. The third kappa shape index (κ3) is 4.38. The number of hydrogen-bond donors (Lipinski definition) is 1. The van der Waals surface area contributed by atoms with Gasteiger partial charge in [0, 0.05) is 36.5 Å². The van der Waals surface area contributed by atoms with Crippen molar-refractivity contribution in [3.05, 3.63) is 0 Å². The van der Waals surface area contributed by atoms with E-state index < -0.39 is 0 Å². The van der Waals surface area contributed by atoms with Crippen LogP contribution in [0.2, 0.25) is 0 Å². The van der Waals surface area contributed by atoms with Crippen LogP contribution < -0.4 is 5.32 Å². The monoisotopic (exact) mass is 298 g/mol. The van der Waals surface area contributed by atoms with Gasteiger partial charge in [0.1, 0.15) is 0 Å². The summed E-state index contributed by atoms with van der Waals surface area (Å²) in [5.41, 5.74) is 0. The van der Waals surface area contributed by atoms with Crippen LogP contribution in [0.1, 0.15) is 59.3 Å². The quantitative estimate of drug-likeness (QED) is 0.832. The van der Waals surface area contributed by atoms with E-state index in [1.165, 1.54) is 51.6 Å². The smallest absolute Gasteiger partial charge is 0.0221 e. The summed E-state index contributed by atoms with van der Waals surface area (Å²) in [6.07, 6.45) is 10.6. The zero-order valence-electron chi connectivity index (χ0n) is 13.9. The molecule has 0 aromatic rings. The minimum atomic E-state index is 0.719. The summed E-state index contributed by atoms with van der Waals surface area (Å²) >= 11 is 2.08. The Kier molecular flexibility index (Phi) is 6.70. The van der Waals surface area contributed by atoms with Crippen molar-refractivity contribution in [1.82, 2.24) is 10.2 Å². The number of rotatable bonds is 5. The maximum atomic E-state index is 3.79. The van der Waals surface area contributed by atoms with Gasteiger partial charge in [-0.05, 0) is 50.7 Å². The van der Waals surface area contributed by atoms with E-state index in [2.05, 4.69) is 49.0 Å². The number of piperazine rings is 1. The van der Waals surface area contributed by atoms with E-state index in [4.69, 9.17) is 0 Å². The molecule has 1 saturated carbocycles. The van der Waals surface area contributed by atoms with Crippen molar-refractivity contribution in [2.75, 3.05) is 19.3 Å². The van der Waals surface area contributed by atoms with Gasteiger partial charge in [-0.2, -0.15) is 11.8 Å². The van der Waals surface area contributed by atoms with Crippen molar-refractivity contribution in [3.8, 4) is 0 Å². The van der Waals surface area contributed by atoms with Crippen molar-refractivity contribution >= 4 is 11.8 Å². The molecule has 0 aromatic carbocycles. The molecule has 0 spiro atoms. The molecule has 2 atom stereocenters. The Hall–Kier alpha value is 0.270. The second kappa shape index (κ2) is 8.05. The van der Waals surface area contributed by atoms with Crippen LogP contribution in [0.15, 0.2) is 0 Å². The molecule has 1 N–H and O–H groups in total. The van der Waals surface area contributed by atoms with Crippen LogP contribution in [-0.4, -0.2) is 47.6 Å². The van der Waals surface area contributed by atoms with Crippen LogP contribution >= 0.6 is 11.8 Å². The Labute approximate surface area is 130 Å². The first-order chi connectivity index (χ1) is 9.63. The summed E-state index contributed by atoms with van der Waals surface area (Å²) in [4.78, 5) is 2.88. The van der Waals surface area contributed by atoms with Gasteiger partial charge in [-0.1, -0.05) is 20.8 Å². The molecule has 1 aliphatic heterocycles. The summed E-state index contributed by atoms with van der Waals surface area (Å²) in [5.74, 6) is 0.805. The average molecular weight is 299 g/mol. The van der Waals surface area contributed by atoms with Gasteiger partial charge in [0.05, 0.1) is 0 Å². The number of hydrogen-bond acceptors (Lipinski definition) is 3. The second-order valence-electron chi connectivity index (χ2n) is 7.16. The molecule has 2 nitrogen and oxygen atoms in total. The van der Waals surface area contributed by atoms with Crippen molar-refractivity contribution in [2.24, 2.45) is 5.92 Å². The van der Waals surface area contributed by atoms with Crippen LogP contribution in [0.5, 0.6) is 0 Å². The predicted octanol–water partition coefficient (Wildman–Crippen LogP) is 3.76. The van der Waals surface area contributed by atoms with Crippen molar-refractivity contribution < 1.29 is 0 Å². The zero-order valence-corrected chi connectivity index (χ0v) is 14.7. The van der Waals surface area contributed by atoms with Crippen LogP contribution in [-0.2, 0) is 0 Å². The summed E-state index contributed by atoms with van der Waals surface area (Å²) in [6.45, 7) is 9.54. The highest BCUT2D eigenvalue weighted by molar-refractivity contribution is 7.99. The van der Waals surface area contributed by atoms with Gasteiger partial charge in [0.2, 0.25) is 0 Å². The summed E-state index contributed by atoms with van der Waals surface area (Å²) in [6, 6.07) is 2.35. The first-order valence-electron chi connectivity index (χ1n) is 8.65. The lowest BCUT2D eigenvalue weighted by molar-refractivity contribution is 0.0560. The van der Waals surface area contributed by atoms with Crippen LogP contribution in [0.4, 0.5) is 0 Å². The van der Waals surface area contributed by atoms with Gasteiger partial charge in [-0.3, -0.25) is 4.90 Å². The minimum Gasteiger partial charge on any atom is -0.311 e. The fourth-order valence-corrected chi connectivity index (χ4v) is 4.80. The fraction of sp³-hybridized carbons (Fsp3) is 1.00. The lowest BCUT2D eigenvalue weighted by atomic mass is 9.90. The van der Waals surface area contributed by atoms with Crippen molar-refractivity contribution in [1.29, 1.82) is 0 Å². The van der Waals surface area contributed by atoms with Gasteiger partial charge < -0.3 is 5.32 Å². The zero-order chi connectivity index (χ0) is 14.5. The summed E-state index contributed by atoms with van der Waals surface area (Å²) < 4.78 is 0. The number of nitrogens with zero attached hydrogens (tertiary/aromatic N) is 1. The van der Waals surface area contributed by atoms with E-state index in [0.29, 0.717) is 0 Å². The third-order valence-electron chi connectivity index (χ3n) is 5.22. The molecule has 1 aliphatic carbocycles. The highest BCUT2D eigenvalue weighted by Gasteiger charge is 2.33. The van der Waals surface area contributed by atoms with Crippen molar-refractivity contribution in [2.45, 2.75) is 82.7 Å². The Bertz CT molecular complexity index is 274. The number of nitrogens with one attached hydrogen (secondary N) is 1. The second-order valence-corrected chi connectivity index (χ2v) is 8.30. The fourth-order valence-electron chi connectivity index (χ4n) is 4.05. The minimum absolute atomic E-state index is 0.719. The molecule has 2 aliphatic rings.